The number of hydrogen-bond acceptors (Lipinski definition) is 4. The minimum absolute atomic E-state index is 0.00233. The predicted molar refractivity (Wildman–Crippen MR) is 132 cm³/mol. The Morgan fingerprint density at radius 2 is 1.71 bits per heavy atom. The number of esters is 1. The number of aliphatic hydroxyl groups excluding tert-OH is 2. The summed E-state index contributed by atoms with van der Waals surface area (Å²) in [6.45, 7) is 16.4. The number of aliphatic hydroxyl groups is 2. The summed E-state index contributed by atoms with van der Waals surface area (Å²) in [7, 11) is 0. The molecule has 0 aromatic heterocycles. The molecule has 2 heterocycles. The highest BCUT2D eigenvalue weighted by atomic mass is 16.5. The molecule has 7 rings (SSSR count). The van der Waals surface area contributed by atoms with Crippen molar-refractivity contribution in [1.29, 1.82) is 0 Å². The molecule has 0 amide bonds. The van der Waals surface area contributed by atoms with Gasteiger partial charge in [0.15, 0.2) is 0 Å². The van der Waals surface area contributed by atoms with Gasteiger partial charge in [0.05, 0.1) is 17.6 Å². The second-order valence-corrected chi connectivity index (χ2v) is 14.9. The van der Waals surface area contributed by atoms with E-state index in [9.17, 15) is 15.0 Å². The van der Waals surface area contributed by atoms with Gasteiger partial charge < -0.3 is 14.9 Å². The summed E-state index contributed by atoms with van der Waals surface area (Å²) in [5.74, 6) is 1.77. The van der Waals surface area contributed by atoms with Crippen LogP contribution in [-0.4, -0.2) is 34.5 Å². The molecule has 4 saturated carbocycles. The van der Waals surface area contributed by atoms with Crippen LogP contribution in [-0.2, 0) is 9.53 Å². The summed E-state index contributed by atoms with van der Waals surface area (Å²) in [6.07, 6.45) is 8.10. The zero-order chi connectivity index (χ0) is 24.6. The highest BCUT2D eigenvalue weighted by Gasteiger charge is 2.75. The largest absolute Gasteiger partial charge is 0.461 e. The first-order valence-corrected chi connectivity index (χ1v) is 14.0. The zero-order valence-electron chi connectivity index (χ0n) is 22.4. The molecule has 190 valence electrons. The van der Waals surface area contributed by atoms with E-state index in [1.807, 2.05) is 0 Å². The van der Waals surface area contributed by atoms with Crippen LogP contribution < -0.4 is 0 Å². The monoisotopic (exact) mass is 470 g/mol. The predicted octanol–water partition coefficient (Wildman–Crippen LogP) is 5.51. The summed E-state index contributed by atoms with van der Waals surface area (Å²) in [6, 6.07) is 0. The van der Waals surface area contributed by atoms with E-state index in [-0.39, 0.29) is 63.7 Å². The minimum atomic E-state index is -0.567. The van der Waals surface area contributed by atoms with E-state index in [1.54, 1.807) is 0 Å². The van der Waals surface area contributed by atoms with Gasteiger partial charge in [-0.1, -0.05) is 54.5 Å². The maximum absolute atomic E-state index is 13.6. The SMILES string of the molecule is CC(C)C1CC(O)C2C1(C)CCC1(C)C3C(=CCC21C)C12CCC(O)C(C)(C)C1CC3OC2=O. The fourth-order valence-corrected chi connectivity index (χ4v) is 11.5. The van der Waals surface area contributed by atoms with Crippen molar-refractivity contribution in [2.24, 2.45) is 56.7 Å². The van der Waals surface area contributed by atoms with Crippen LogP contribution in [0.3, 0.4) is 0 Å². The van der Waals surface area contributed by atoms with Crippen molar-refractivity contribution in [2.45, 2.75) is 112 Å². The van der Waals surface area contributed by atoms with E-state index >= 15 is 0 Å². The van der Waals surface area contributed by atoms with Gasteiger partial charge in [-0.3, -0.25) is 4.79 Å². The Kier molecular flexibility index (Phi) is 4.64. The summed E-state index contributed by atoms with van der Waals surface area (Å²) in [5, 5.41) is 22.4. The first-order chi connectivity index (χ1) is 15.7. The van der Waals surface area contributed by atoms with Crippen molar-refractivity contribution in [3.05, 3.63) is 11.6 Å². The third-order valence-electron chi connectivity index (χ3n) is 13.3. The molecule has 2 bridgehead atoms. The number of fused-ring (bicyclic) bond motifs is 4. The van der Waals surface area contributed by atoms with Crippen LogP contribution in [0.4, 0.5) is 0 Å². The van der Waals surface area contributed by atoms with Crippen LogP contribution in [0.1, 0.15) is 93.4 Å². The van der Waals surface area contributed by atoms with Gasteiger partial charge in [0, 0.05) is 5.92 Å². The maximum atomic E-state index is 13.6. The molecule has 0 aromatic rings. The Morgan fingerprint density at radius 3 is 2.38 bits per heavy atom. The molecule has 4 nitrogen and oxygen atoms in total. The third-order valence-corrected chi connectivity index (χ3v) is 13.3. The van der Waals surface area contributed by atoms with Gasteiger partial charge in [0.2, 0.25) is 0 Å². The van der Waals surface area contributed by atoms with Crippen molar-refractivity contribution in [3.63, 3.8) is 0 Å². The van der Waals surface area contributed by atoms with Crippen LogP contribution in [0.5, 0.6) is 0 Å². The quantitative estimate of drug-likeness (QED) is 0.392. The van der Waals surface area contributed by atoms with E-state index in [4.69, 9.17) is 4.74 Å². The first-order valence-electron chi connectivity index (χ1n) is 14.0. The van der Waals surface area contributed by atoms with E-state index < -0.39 is 5.41 Å². The lowest BCUT2D eigenvalue weighted by Crippen LogP contribution is -2.71. The molecule has 5 aliphatic carbocycles. The van der Waals surface area contributed by atoms with Gasteiger partial charge in [0.1, 0.15) is 6.10 Å². The number of hydrogen-bond donors (Lipinski definition) is 2. The van der Waals surface area contributed by atoms with E-state index in [0.717, 1.165) is 32.1 Å². The lowest BCUT2D eigenvalue weighted by molar-refractivity contribution is -0.246. The number of rotatable bonds is 1. The van der Waals surface area contributed by atoms with Gasteiger partial charge in [-0.05, 0) is 95.9 Å². The highest BCUT2D eigenvalue weighted by Crippen LogP contribution is 2.77. The van der Waals surface area contributed by atoms with E-state index in [2.05, 4.69) is 54.5 Å². The molecule has 6 fully saturated rings. The molecule has 0 radical (unpaired) electrons. The maximum Gasteiger partial charge on any atom is 0.316 e. The summed E-state index contributed by atoms with van der Waals surface area (Å²) in [4.78, 5) is 13.6. The average Bonchev–Trinajstić information content (AvgIpc) is 3.04. The van der Waals surface area contributed by atoms with Gasteiger partial charge >= 0.3 is 5.97 Å². The molecular weight excluding hydrogens is 424 g/mol. The summed E-state index contributed by atoms with van der Waals surface area (Å²) < 4.78 is 6.30. The van der Waals surface area contributed by atoms with Crippen molar-refractivity contribution in [1.82, 2.24) is 0 Å². The Bertz CT molecular complexity index is 951. The number of ether oxygens (including phenoxy) is 1. The van der Waals surface area contributed by atoms with Crippen molar-refractivity contribution >= 4 is 5.97 Å². The van der Waals surface area contributed by atoms with Gasteiger partial charge in [0.25, 0.3) is 0 Å². The Morgan fingerprint density at radius 1 is 1.00 bits per heavy atom. The smallest absolute Gasteiger partial charge is 0.316 e. The van der Waals surface area contributed by atoms with Crippen molar-refractivity contribution in [2.75, 3.05) is 0 Å². The molecule has 0 aromatic carbocycles. The number of carbonyl (C=O) groups is 1. The standard InChI is InChI=1S/C30H46O4/c1-16(2)18-14-19(31)24-27(18,5)12-13-28(6)23-17(8-10-29(24,28)7)30-11-9-22(32)26(3,4)21(30)15-20(23)34-25(30)33/h8,16,18-24,31-32H,9-15H2,1-7H3. The lowest BCUT2D eigenvalue weighted by atomic mass is 9.34. The molecule has 2 aliphatic heterocycles. The van der Waals surface area contributed by atoms with Crippen molar-refractivity contribution < 1.29 is 19.7 Å². The first kappa shape index (κ1) is 23.5. The fraction of sp³-hybridized carbons (Fsp3) is 0.900. The summed E-state index contributed by atoms with van der Waals surface area (Å²) >= 11 is 0. The Balaban J connectivity index is 1.49. The molecule has 34 heavy (non-hydrogen) atoms. The Labute approximate surface area is 205 Å². The fourth-order valence-electron chi connectivity index (χ4n) is 11.5. The van der Waals surface area contributed by atoms with Crippen LogP contribution >= 0.6 is 0 Å². The molecule has 4 heteroatoms. The lowest BCUT2D eigenvalue weighted by Gasteiger charge is -2.71. The van der Waals surface area contributed by atoms with Crippen LogP contribution in [0.15, 0.2) is 11.6 Å². The average molecular weight is 471 g/mol. The van der Waals surface area contributed by atoms with Gasteiger partial charge in [-0.25, -0.2) is 0 Å². The van der Waals surface area contributed by atoms with E-state index in [1.165, 1.54) is 5.57 Å². The normalized spacial score (nSPS) is 57.3. The molecule has 2 N–H and O–H groups in total. The minimum Gasteiger partial charge on any atom is -0.461 e. The van der Waals surface area contributed by atoms with Crippen LogP contribution in [0.2, 0.25) is 0 Å². The molecule has 7 aliphatic rings. The number of allylic oxidation sites excluding steroid dienone is 1. The topological polar surface area (TPSA) is 66.8 Å². The summed E-state index contributed by atoms with van der Waals surface area (Å²) in [5.41, 5.74) is 0.633. The second-order valence-electron chi connectivity index (χ2n) is 14.9. The van der Waals surface area contributed by atoms with Crippen LogP contribution in [0.25, 0.3) is 0 Å². The van der Waals surface area contributed by atoms with E-state index in [0.29, 0.717) is 24.7 Å². The molecule has 11 atom stereocenters. The van der Waals surface area contributed by atoms with Gasteiger partial charge in [-0.2, -0.15) is 0 Å². The molecule has 1 spiro atoms. The third kappa shape index (κ3) is 2.37. The highest BCUT2D eigenvalue weighted by molar-refractivity contribution is 5.84. The van der Waals surface area contributed by atoms with Crippen molar-refractivity contribution in [3.8, 4) is 0 Å². The van der Waals surface area contributed by atoms with Gasteiger partial charge in [-0.15, -0.1) is 0 Å². The molecule has 2 saturated heterocycles. The van der Waals surface area contributed by atoms with Crippen LogP contribution in [0, 0.1) is 56.7 Å². The molecular formula is C30H46O4. The molecule has 11 unspecified atom stereocenters. The second kappa shape index (κ2) is 6.71. The Hall–Kier alpha value is -0.870. The number of carbonyl (C=O) groups excluding carboxylic acids is 1. The zero-order valence-corrected chi connectivity index (χ0v) is 22.4.